The zero-order valence-corrected chi connectivity index (χ0v) is 13.3. The molecule has 1 unspecified atom stereocenters. The number of nitrogens with zero attached hydrogens (tertiary/aromatic N) is 1. The molecule has 21 heavy (non-hydrogen) atoms. The summed E-state index contributed by atoms with van der Waals surface area (Å²) in [6, 6.07) is 1.06. The summed E-state index contributed by atoms with van der Waals surface area (Å²) < 4.78 is 6.53. The van der Waals surface area contributed by atoms with Gasteiger partial charge in [0, 0.05) is 12.2 Å². The standard InChI is InChI=1S/C15H25N3O3/c1-9(2)6-12(15(20)21-5)17-14(19)13-7-11(16)8-18(13)10(3)4/h7-10,12H,6,16H2,1-5H3,(H,17,19). The Kier molecular flexibility index (Phi) is 5.81. The number of ether oxygens (including phenoxy) is 1. The van der Waals surface area contributed by atoms with E-state index >= 15 is 0 Å². The monoisotopic (exact) mass is 295 g/mol. The summed E-state index contributed by atoms with van der Waals surface area (Å²) in [6.07, 6.45) is 2.24. The molecule has 0 aromatic carbocycles. The minimum Gasteiger partial charge on any atom is -0.467 e. The smallest absolute Gasteiger partial charge is 0.328 e. The first-order valence-corrected chi connectivity index (χ1v) is 7.12. The van der Waals surface area contributed by atoms with Crippen molar-refractivity contribution in [2.24, 2.45) is 5.92 Å². The molecule has 1 rings (SSSR count). The van der Waals surface area contributed by atoms with Crippen LogP contribution in [0.15, 0.2) is 12.3 Å². The van der Waals surface area contributed by atoms with Crippen molar-refractivity contribution in [3.63, 3.8) is 0 Å². The summed E-state index contributed by atoms with van der Waals surface area (Å²) in [5, 5.41) is 2.73. The molecule has 6 nitrogen and oxygen atoms in total. The number of hydrogen-bond donors (Lipinski definition) is 2. The molecule has 0 aliphatic rings. The molecule has 0 aliphatic carbocycles. The van der Waals surface area contributed by atoms with Gasteiger partial charge in [0.15, 0.2) is 0 Å². The van der Waals surface area contributed by atoms with Crippen LogP contribution >= 0.6 is 0 Å². The lowest BCUT2D eigenvalue weighted by atomic mass is 10.0. The average Bonchev–Trinajstić information content (AvgIpc) is 2.78. The number of hydrogen-bond acceptors (Lipinski definition) is 4. The number of amides is 1. The molecule has 0 fully saturated rings. The second-order valence-corrected chi connectivity index (χ2v) is 5.84. The van der Waals surface area contributed by atoms with E-state index in [1.807, 2.05) is 27.7 Å². The molecule has 1 amide bonds. The molecule has 3 N–H and O–H groups in total. The molecule has 0 saturated heterocycles. The fraction of sp³-hybridized carbons (Fsp3) is 0.600. The van der Waals surface area contributed by atoms with Gasteiger partial charge in [-0.2, -0.15) is 0 Å². The maximum absolute atomic E-state index is 12.4. The Labute approximate surface area is 125 Å². The first kappa shape index (κ1) is 17.1. The Morgan fingerprint density at radius 1 is 1.33 bits per heavy atom. The molecule has 0 radical (unpaired) electrons. The van der Waals surface area contributed by atoms with Crippen LogP contribution in [-0.2, 0) is 9.53 Å². The molecule has 1 aromatic rings. The van der Waals surface area contributed by atoms with Crippen LogP contribution in [0.25, 0.3) is 0 Å². The summed E-state index contributed by atoms with van der Waals surface area (Å²) in [5.74, 6) is -0.500. The molecule has 0 spiro atoms. The highest BCUT2D eigenvalue weighted by atomic mass is 16.5. The van der Waals surface area contributed by atoms with Gasteiger partial charge in [0.05, 0.1) is 12.8 Å². The molecule has 0 aliphatic heterocycles. The Balaban J connectivity index is 2.94. The highest BCUT2D eigenvalue weighted by molar-refractivity contribution is 5.96. The average molecular weight is 295 g/mol. The molecule has 0 saturated carbocycles. The van der Waals surface area contributed by atoms with Crippen molar-refractivity contribution in [2.45, 2.75) is 46.2 Å². The van der Waals surface area contributed by atoms with Crippen molar-refractivity contribution in [3.8, 4) is 0 Å². The van der Waals surface area contributed by atoms with Gasteiger partial charge < -0.3 is 20.4 Å². The number of carbonyl (C=O) groups is 2. The van der Waals surface area contributed by atoms with Gasteiger partial charge in [-0.1, -0.05) is 13.8 Å². The van der Waals surface area contributed by atoms with Crippen LogP contribution in [-0.4, -0.2) is 29.6 Å². The first-order chi connectivity index (χ1) is 9.76. The van der Waals surface area contributed by atoms with E-state index in [2.05, 4.69) is 5.32 Å². The van der Waals surface area contributed by atoms with Gasteiger partial charge >= 0.3 is 5.97 Å². The van der Waals surface area contributed by atoms with Crippen molar-refractivity contribution < 1.29 is 14.3 Å². The molecular formula is C15H25N3O3. The number of esters is 1. The topological polar surface area (TPSA) is 86.3 Å². The van der Waals surface area contributed by atoms with E-state index in [0.717, 1.165) is 0 Å². The molecule has 6 heteroatoms. The molecule has 118 valence electrons. The summed E-state index contributed by atoms with van der Waals surface area (Å²) in [6.45, 7) is 7.89. The number of methoxy groups -OCH3 is 1. The number of aromatic nitrogens is 1. The van der Waals surface area contributed by atoms with Gasteiger partial charge in [-0.05, 0) is 32.3 Å². The van der Waals surface area contributed by atoms with Gasteiger partial charge in [0.25, 0.3) is 5.91 Å². The number of nitrogens with one attached hydrogen (secondary N) is 1. The van der Waals surface area contributed by atoms with E-state index in [9.17, 15) is 9.59 Å². The van der Waals surface area contributed by atoms with E-state index in [-0.39, 0.29) is 17.9 Å². The second-order valence-electron chi connectivity index (χ2n) is 5.84. The number of carbonyl (C=O) groups excluding carboxylic acids is 2. The Hall–Kier alpha value is -1.98. The van der Waals surface area contributed by atoms with Crippen LogP contribution in [0.4, 0.5) is 5.69 Å². The lowest BCUT2D eigenvalue weighted by molar-refractivity contribution is -0.143. The van der Waals surface area contributed by atoms with Crippen LogP contribution < -0.4 is 11.1 Å². The van der Waals surface area contributed by atoms with Crippen LogP contribution in [0.2, 0.25) is 0 Å². The quantitative estimate of drug-likeness (QED) is 0.786. The van der Waals surface area contributed by atoms with Crippen molar-refractivity contribution in [2.75, 3.05) is 12.8 Å². The van der Waals surface area contributed by atoms with Gasteiger partial charge in [-0.15, -0.1) is 0 Å². The fourth-order valence-electron chi connectivity index (χ4n) is 2.17. The predicted octanol–water partition coefficient (Wildman–Crippen LogP) is 1.97. The zero-order chi connectivity index (χ0) is 16.2. The SMILES string of the molecule is COC(=O)C(CC(C)C)NC(=O)c1cc(N)cn1C(C)C. The third-order valence-electron chi connectivity index (χ3n) is 3.16. The number of nitrogens with two attached hydrogens (primary N) is 1. The number of rotatable bonds is 6. The molecular weight excluding hydrogens is 270 g/mol. The third kappa shape index (κ3) is 4.51. The molecule has 0 bridgehead atoms. The number of nitrogen functional groups attached to an aromatic ring is 1. The Morgan fingerprint density at radius 3 is 2.43 bits per heavy atom. The van der Waals surface area contributed by atoms with E-state index < -0.39 is 12.0 Å². The largest absolute Gasteiger partial charge is 0.467 e. The van der Waals surface area contributed by atoms with Crippen LogP contribution in [0.3, 0.4) is 0 Å². The van der Waals surface area contributed by atoms with Crippen LogP contribution in [0.1, 0.15) is 50.6 Å². The lowest BCUT2D eigenvalue weighted by Gasteiger charge is -2.19. The van der Waals surface area contributed by atoms with Crippen molar-refractivity contribution in [3.05, 3.63) is 18.0 Å². The van der Waals surface area contributed by atoms with Crippen molar-refractivity contribution in [1.29, 1.82) is 0 Å². The van der Waals surface area contributed by atoms with E-state index in [0.29, 0.717) is 17.8 Å². The van der Waals surface area contributed by atoms with Gasteiger partial charge in [-0.3, -0.25) is 4.79 Å². The highest BCUT2D eigenvalue weighted by Crippen LogP contribution is 2.17. The zero-order valence-electron chi connectivity index (χ0n) is 13.3. The Bertz CT molecular complexity index is 506. The maximum Gasteiger partial charge on any atom is 0.328 e. The fourth-order valence-corrected chi connectivity index (χ4v) is 2.17. The van der Waals surface area contributed by atoms with Crippen LogP contribution in [0.5, 0.6) is 0 Å². The Morgan fingerprint density at radius 2 is 1.95 bits per heavy atom. The van der Waals surface area contributed by atoms with Gasteiger partial charge in [0.1, 0.15) is 11.7 Å². The van der Waals surface area contributed by atoms with Crippen molar-refractivity contribution in [1.82, 2.24) is 9.88 Å². The van der Waals surface area contributed by atoms with E-state index in [1.54, 1.807) is 16.8 Å². The lowest BCUT2D eigenvalue weighted by Crippen LogP contribution is -2.43. The molecule has 1 atom stereocenters. The minimum absolute atomic E-state index is 0.102. The molecule has 1 heterocycles. The highest BCUT2D eigenvalue weighted by Gasteiger charge is 2.25. The van der Waals surface area contributed by atoms with E-state index in [1.165, 1.54) is 7.11 Å². The summed E-state index contributed by atoms with van der Waals surface area (Å²) in [7, 11) is 1.32. The maximum atomic E-state index is 12.4. The van der Waals surface area contributed by atoms with E-state index in [4.69, 9.17) is 10.5 Å². The normalized spacial score (nSPS) is 12.5. The molecule has 1 aromatic heterocycles. The van der Waals surface area contributed by atoms with Gasteiger partial charge in [0.2, 0.25) is 0 Å². The summed E-state index contributed by atoms with van der Waals surface area (Å²) in [4.78, 5) is 24.2. The predicted molar refractivity (Wildman–Crippen MR) is 82.0 cm³/mol. The summed E-state index contributed by atoms with van der Waals surface area (Å²) in [5.41, 5.74) is 6.73. The number of anilines is 1. The van der Waals surface area contributed by atoms with Crippen molar-refractivity contribution >= 4 is 17.6 Å². The minimum atomic E-state index is -0.653. The second kappa shape index (κ2) is 7.15. The third-order valence-corrected chi connectivity index (χ3v) is 3.16. The van der Waals surface area contributed by atoms with Crippen LogP contribution in [0, 0.1) is 5.92 Å². The first-order valence-electron chi connectivity index (χ1n) is 7.12. The van der Waals surface area contributed by atoms with Gasteiger partial charge in [-0.25, -0.2) is 4.79 Å². The summed E-state index contributed by atoms with van der Waals surface area (Å²) >= 11 is 0.